The molecule has 0 aliphatic heterocycles. The highest BCUT2D eigenvalue weighted by molar-refractivity contribution is 8.00. The molecule has 0 saturated heterocycles. The van der Waals surface area contributed by atoms with Crippen molar-refractivity contribution >= 4 is 17.5 Å². The molecular weight excluding hydrogens is 228 g/mol. The SMILES string of the molecule is CCc1ccc(CC(=O)CSC(C)CC)cc1. The molecular formula is C15H22OS. The second-order valence-electron chi connectivity index (χ2n) is 4.42. The summed E-state index contributed by atoms with van der Waals surface area (Å²) in [5.41, 5.74) is 2.46. The lowest BCUT2D eigenvalue weighted by Gasteiger charge is -2.07. The van der Waals surface area contributed by atoms with Crippen LogP contribution in [0, 0.1) is 0 Å². The van der Waals surface area contributed by atoms with Crippen LogP contribution < -0.4 is 0 Å². The molecule has 1 atom stereocenters. The number of carbonyl (C=O) groups is 1. The van der Waals surface area contributed by atoms with Crippen molar-refractivity contribution in [1.82, 2.24) is 0 Å². The zero-order valence-electron chi connectivity index (χ0n) is 11.0. The van der Waals surface area contributed by atoms with E-state index in [1.807, 2.05) is 0 Å². The molecule has 1 aromatic carbocycles. The standard InChI is InChI=1S/C15H22OS/c1-4-12(3)17-11-15(16)10-14-8-6-13(5-2)7-9-14/h6-9,12H,4-5,10-11H2,1-3H3. The largest absolute Gasteiger partial charge is 0.298 e. The van der Waals surface area contributed by atoms with Crippen LogP contribution in [0.5, 0.6) is 0 Å². The van der Waals surface area contributed by atoms with Crippen LogP contribution >= 0.6 is 11.8 Å². The van der Waals surface area contributed by atoms with Gasteiger partial charge in [-0.2, -0.15) is 11.8 Å². The summed E-state index contributed by atoms with van der Waals surface area (Å²) in [6.45, 7) is 6.47. The van der Waals surface area contributed by atoms with E-state index in [0.29, 0.717) is 23.2 Å². The Balaban J connectivity index is 2.39. The number of thioether (sulfide) groups is 1. The molecule has 0 spiro atoms. The first kappa shape index (κ1) is 14.3. The number of carbonyl (C=O) groups excluding carboxylic acids is 1. The van der Waals surface area contributed by atoms with E-state index in [1.165, 1.54) is 5.56 Å². The number of benzene rings is 1. The second kappa shape index (κ2) is 7.54. The normalized spacial score (nSPS) is 12.4. The highest BCUT2D eigenvalue weighted by atomic mass is 32.2. The Bertz CT molecular complexity index is 342. The molecule has 0 heterocycles. The van der Waals surface area contributed by atoms with E-state index in [4.69, 9.17) is 0 Å². The fraction of sp³-hybridized carbons (Fsp3) is 0.533. The summed E-state index contributed by atoms with van der Waals surface area (Å²) in [6.07, 6.45) is 2.76. The molecule has 0 radical (unpaired) electrons. The highest BCUT2D eigenvalue weighted by Crippen LogP contribution is 2.14. The molecule has 1 aromatic rings. The van der Waals surface area contributed by atoms with E-state index in [0.717, 1.165) is 18.4 Å². The smallest absolute Gasteiger partial charge is 0.147 e. The van der Waals surface area contributed by atoms with Crippen LogP contribution in [0.25, 0.3) is 0 Å². The third kappa shape index (κ3) is 5.40. The van der Waals surface area contributed by atoms with Gasteiger partial charge < -0.3 is 0 Å². The molecule has 0 aliphatic rings. The molecule has 1 nitrogen and oxygen atoms in total. The minimum absolute atomic E-state index is 0.333. The monoisotopic (exact) mass is 250 g/mol. The van der Waals surface area contributed by atoms with E-state index in [9.17, 15) is 4.79 Å². The summed E-state index contributed by atoms with van der Waals surface area (Å²) < 4.78 is 0. The van der Waals surface area contributed by atoms with Crippen LogP contribution in [0.1, 0.15) is 38.3 Å². The Labute approximate surface area is 109 Å². The van der Waals surface area contributed by atoms with Gasteiger partial charge in [-0.3, -0.25) is 4.79 Å². The molecule has 2 heteroatoms. The third-order valence-corrected chi connectivity index (χ3v) is 4.33. The molecule has 0 aliphatic carbocycles. The van der Waals surface area contributed by atoms with Gasteiger partial charge in [-0.25, -0.2) is 0 Å². The predicted octanol–water partition coefficient (Wildman–Crippen LogP) is 3.89. The Morgan fingerprint density at radius 1 is 1.18 bits per heavy atom. The lowest BCUT2D eigenvalue weighted by molar-refractivity contribution is -0.116. The maximum Gasteiger partial charge on any atom is 0.147 e. The number of rotatable bonds is 7. The average Bonchev–Trinajstić information content (AvgIpc) is 2.36. The van der Waals surface area contributed by atoms with Gasteiger partial charge >= 0.3 is 0 Å². The minimum atomic E-state index is 0.333. The summed E-state index contributed by atoms with van der Waals surface area (Å²) in [5.74, 6) is 0.976. The molecule has 0 bridgehead atoms. The average molecular weight is 250 g/mol. The number of aryl methyl sites for hydroxylation is 1. The maximum absolute atomic E-state index is 11.8. The van der Waals surface area contributed by atoms with Crippen molar-refractivity contribution in [3.63, 3.8) is 0 Å². The first-order chi connectivity index (χ1) is 8.15. The molecule has 94 valence electrons. The zero-order valence-corrected chi connectivity index (χ0v) is 11.8. The van der Waals surface area contributed by atoms with Crippen LogP contribution in [0.3, 0.4) is 0 Å². The van der Waals surface area contributed by atoms with Gasteiger partial charge in [-0.1, -0.05) is 45.0 Å². The van der Waals surface area contributed by atoms with Gasteiger partial charge in [0.05, 0.1) is 5.75 Å². The maximum atomic E-state index is 11.8. The molecule has 1 rings (SSSR count). The summed E-state index contributed by atoms with van der Waals surface area (Å²) in [6, 6.07) is 8.38. The third-order valence-electron chi connectivity index (χ3n) is 2.94. The predicted molar refractivity (Wildman–Crippen MR) is 76.7 cm³/mol. The van der Waals surface area contributed by atoms with Crippen LogP contribution in [0.4, 0.5) is 0 Å². The van der Waals surface area contributed by atoms with Gasteiger partial charge in [-0.05, 0) is 24.0 Å². The number of hydrogen-bond donors (Lipinski definition) is 0. The van der Waals surface area contributed by atoms with Gasteiger partial charge in [0.1, 0.15) is 5.78 Å². The molecule has 0 amide bonds. The van der Waals surface area contributed by atoms with E-state index in [2.05, 4.69) is 45.0 Å². The fourth-order valence-electron chi connectivity index (χ4n) is 1.52. The van der Waals surface area contributed by atoms with Gasteiger partial charge in [0, 0.05) is 11.7 Å². The Morgan fingerprint density at radius 3 is 2.29 bits per heavy atom. The molecule has 1 unspecified atom stereocenters. The van der Waals surface area contributed by atoms with Crippen molar-refractivity contribution in [1.29, 1.82) is 0 Å². The summed E-state index contributed by atoms with van der Waals surface area (Å²) in [5, 5.41) is 0.585. The first-order valence-electron chi connectivity index (χ1n) is 6.36. The van der Waals surface area contributed by atoms with Crippen LogP contribution in [0.15, 0.2) is 24.3 Å². The quantitative estimate of drug-likeness (QED) is 0.730. The first-order valence-corrected chi connectivity index (χ1v) is 7.41. The topological polar surface area (TPSA) is 17.1 Å². The lowest BCUT2D eigenvalue weighted by atomic mass is 10.1. The molecule has 17 heavy (non-hydrogen) atoms. The molecule has 0 fully saturated rings. The van der Waals surface area contributed by atoms with E-state index in [1.54, 1.807) is 11.8 Å². The summed E-state index contributed by atoms with van der Waals surface area (Å²) in [7, 11) is 0. The van der Waals surface area contributed by atoms with Gasteiger partial charge in [0.25, 0.3) is 0 Å². The van der Waals surface area contributed by atoms with E-state index >= 15 is 0 Å². The Morgan fingerprint density at radius 2 is 1.76 bits per heavy atom. The van der Waals surface area contributed by atoms with Crippen molar-refractivity contribution in [3.05, 3.63) is 35.4 Å². The van der Waals surface area contributed by atoms with Crippen LogP contribution in [-0.2, 0) is 17.6 Å². The van der Waals surface area contributed by atoms with Gasteiger partial charge in [0.2, 0.25) is 0 Å². The number of hydrogen-bond acceptors (Lipinski definition) is 2. The Kier molecular flexibility index (Phi) is 6.35. The van der Waals surface area contributed by atoms with E-state index in [-0.39, 0.29) is 0 Å². The minimum Gasteiger partial charge on any atom is -0.298 e. The summed E-state index contributed by atoms with van der Waals surface area (Å²) >= 11 is 1.76. The van der Waals surface area contributed by atoms with Crippen molar-refractivity contribution in [2.45, 2.75) is 45.3 Å². The number of Topliss-reactive ketones (excluding diaryl/α,β-unsaturated/α-hetero) is 1. The molecule has 0 aromatic heterocycles. The fourth-order valence-corrected chi connectivity index (χ4v) is 2.33. The van der Waals surface area contributed by atoms with Crippen LogP contribution in [-0.4, -0.2) is 16.8 Å². The molecule has 0 N–H and O–H groups in total. The van der Waals surface area contributed by atoms with Gasteiger partial charge in [0.15, 0.2) is 0 Å². The molecule has 0 saturated carbocycles. The van der Waals surface area contributed by atoms with Crippen LogP contribution in [0.2, 0.25) is 0 Å². The van der Waals surface area contributed by atoms with Crippen molar-refractivity contribution in [2.24, 2.45) is 0 Å². The van der Waals surface area contributed by atoms with Crippen molar-refractivity contribution in [2.75, 3.05) is 5.75 Å². The lowest BCUT2D eigenvalue weighted by Crippen LogP contribution is -2.08. The van der Waals surface area contributed by atoms with Gasteiger partial charge in [-0.15, -0.1) is 0 Å². The zero-order chi connectivity index (χ0) is 12.7. The summed E-state index contributed by atoms with van der Waals surface area (Å²) in [4.78, 5) is 11.8. The van der Waals surface area contributed by atoms with Crippen molar-refractivity contribution < 1.29 is 4.79 Å². The Hall–Kier alpha value is -0.760. The highest BCUT2D eigenvalue weighted by Gasteiger charge is 2.06. The van der Waals surface area contributed by atoms with E-state index < -0.39 is 0 Å². The number of ketones is 1. The van der Waals surface area contributed by atoms with Crippen molar-refractivity contribution in [3.8, 4) is 0 Å². The second-order valence-corrected chi connectivity index (χ2v) is 5.84.